The number of rotatable bonds is 7. The predicted octanol–water partition coefficient (Wildman–Crippen LogP) is 2.91. The molecule has 2 aromatic carbocycles. The Morgan fingerprint density at radius 2 is 1.96 bits per heavy atom. The van der Waals surface area contributed by atoms with Gasteiger partial charge in [0.2, 0.25) is 12.1 Å². The molecule has 2 aromatic rings. The third-order valence-corrected chi connectivity index (χ3v) is 4.28. The maximum atomic E-state index is 12.7. The second-order valence-electron chi connectivity index (χ2n) is 6.86. The summed E-state index contributed by atoms with van der Waals surface area (Å²) in [4.78, 5) is 25.0. The number of aliphatic hydroxyl groups is 1. The van der Waals surface area contributed by atoms with Crippen molar-refractivity contribution in [3.63, 3.8) is 0 Å². The molecule has 1 aliphatic heterocycles. The van der Waals surface area contributed by atoms with Crippen molar-refractivity contribution in [1.82, 2.24) is 0 Å². The minimum absolute atomic E-state index is 0.0783. The molecule has 1 heterocycles. The molecule has 0 fully saturated rings. The second kappa shape index (κ2) is 8.00. The lowest BCUT2D eigenvalue weighted by Gasteiger charge is -2.33. The van der Waals surface area contributed by atoms with Gasteiger partial charge in [0.1, 0.15) is 12.4 Å². The molecule has 0 radical (unpaired) electrons. The number of hydrogen-bond acceptors (Lipinski definition) is 6. The zero-order valence-corrected chi connectivity index (χ0v) is 16.0. The SMILES string of the molecule is CCOC(O)C(=O)c1cc(OCc2ccccc2)cc2c1OC(C)(C)C(=O)N2. The van der Waals surface area contributed by atoms with Crippen molar-refractivity contribution in [3.05, 3.63) is 53.6 Å². The monoisotopic (exact) mass is 385 g/mol. The number of fused-ring (bicyclic) bond motifs is 1. The molecule has 0 aromatic heterocycles. The number of ether oxygens (including phenoxy) is 3. The van der Waals surface area contributed by atoms with Crippen molar-refractivity contribution in [3.8, 4) is 11.5 Å². The Hall–Kier alpha value is -2.90. The normalized spacial score (nSPS) is 15.8. The molecule has 1 unspecified atom stereocenters. The number of nitrogens with one attached hydrogen (secondary N) is 1. The van der Waals surface area contributed by atoms with Crippen LogP contribution in [0.3, 0.4) is 0 Å². The van der Waals surface area contributed by atoms with Crippen molar-refractivity contribution in [1.29, 1.82) is 0 Å². The number of anilines is 1. The summed E-state index contributed by atoms with van der Waals surface area (Å²) in [5, 5.41) is 12.7. The van der Waals surface area contributed by atoms with Gasteiger partial charge in [-0.15, -0.1) is 0 Å². The highest BCUT2D eigenvalue weighted by atomic mass is 16.6. The zero-order valence-electron chi connectivity index (χ0n) is 16.0. The molecule has 0 aliphatic carbocycles. The van der Waals surface area contributed by atoms with Crippen LogP contribution in [0.2, 0.25) is 0 Å². The van der Waals surface area contributed by atoms with Crippen LogP contribution in [0.1, 0.15) is 36.7 Å². The molecule has 7 heteroatoms. The average Bonchev–Trinajstić information content (AvgIpc) is 2.67. The van der Waals surface area contributed by atoms with Crippen LogP contribution in [0.25, 0.3) is 0 Å². The van der Waals surface area contributed by atoms with E-state index in [-0.39, 0.29) is 30.4 Å². The fourth-order valence-corrected chi connectivity index (χ4v) is 2.75. The molecule has 1 amide bonds. The van der Waals surface area contributed by atoms with Gasteiger partial charge < -0.3 is 24.6 Å². The smallest absolute Gasteiger partial charge is 0.268 e. The molecule has 1 atom stereocenters. The number of carbonyl (C=O) groups excluding carboxylic acids is 2. The van der Waals surface area contributed by atoms with Crippen LogP contribution < -0.4 is 14.8 Å². The van der Waals surface area contributed by atoms with Crippen molar-refractivity contribution < 1.29 is 28.9 Å². The van der Waals surface area contributed by atoms with E-state index in [9.17, 15) is 14.7 Å². The van der Waals surface area contributed by atoms with Gasteiger partial charge in [0, 0.05) is 12.7 Å². The van der Waals surface area contributed by atoms with E-state index in [2.05, 4.69) is 5.32 Å². The second-order valence-corrected chi connectivity index (χ2v) is 6.86. The Morgan fingerprint density at radius 1 is 1.25 bits per heavy atom. The largest absolute Gasteiger partial charge is 0.489 e. The zero-order chi connectivity index (χ0) is 20.3. The van der Waals surface area contributed by atoms with Gasteiger partial charge in [0.15, 0.2) is 11.4 Å². The van der Waals surface area contributed by atoms with Crippen molar-refractivity contribution >= 4 is 17.4 Å². The van der Waals surface area contributed by atoms with Crippen LogP contribution in [0.15, 0.2) is 42.5 Å². The third-order valence-electron chi connectivity index (χ3n) is 4.28. The van der Waals surface area contributed by atoms with Gasteiger partial charge in [-0.3, -0.25) is 9.59 Å². The Balaban J connectivity index is 1.96. The van der Waals surface area contributed by atoms with Crippen molar-refractivity contribution in [2.24, 2.45) is 0 Å². The van der Waals surface area contributed by atoms with Gasteiger partial charge in [-0.2, -0.15) is 0 Å². The molecule has 0 bridgehead atoms. The first kappa shape index (κ1) is 19.9. The van der Waals surface area contributed by atoms with E-state index in [0.717, 1.165) is 5.56 Å². The first-order valence-electron chi connectivity index (χ1n) is 9.01. The molecule has 0 saturated carbocycles. The predicted molar refractivity (Wildman–Crippen MR) is 103 cm³/mol. The lowest BCUT2D eigenvalue weighted by atomic mass is 10.0. The van der Waals surface area contributed by atoms with E-state index in [1.807, 2.05) is 30.3 Å². The summed E-state index contributed by atoms with van der Waals surface area (Å²) in [6, 6.07) is 12.6. The first-order chi connectivity index (χ1) is 13.3. The Morgan fingerprint density at radius 3 is 2.64 bits per heavy atom. The highest BCUT2D eigenvalue weighted by molar-refractivity contribution is 6.07. The molecule has 28 heavy (non-hydrogen) atoms. The van der Waals surface area contributed by atoms with Gasteiger partial charge >= 0.3 is 0 Å². The lowest BCUT2D eigenvalue weighted by molar-refractivity contribution is -0.129. The van der Waals surface area contributed by atoms with Crippen LogP contribution in [-0.4, -0.2) is 35.3 Å². The first-order valence-corrected chi connectivity index (χ1v) is 9.01. The molecule has 7 nitrogen and oxygen atoms in total. The maximum Gasteiger partial charge on any atom is 0.268 e. The summed E-state index contributed by atoms with van der Waals surface area (Å²) >= 11 is 0. The topological polar surface area (TPSA) is 94.1 Å². The summed E-state index contributed by atoms with van der Waals surface area (Å²) in [6.45, 7) is 5.31. The highest BCUT2D eigenvalue weighted by Gasteiger charge is 2.38. The van der Waals surface area contributed by atoms with E-state index in [4.69, 9.17) is 14.2 Å². The van der Waals surface area contributed by atoms with Crippen LogP contribution in [0.4, 0.5) is 5.69 Å². The Labute approximate surface area is 163 Å². The molecule has 2 N–H and O–H groups in total. The molecular weight excluding hydrogens is 362 g/mol. The number of Topliss-reactive ketones (excluding diaryl/α,β-unsaturated/α-hetero) is 1. The minimum atomic E-state index is -1.64. The Bertz CT molecular complexity index is 878. The van der Waals surface area contributed by atoms with Crippen LogP contribution in [0.5, 0.6) is 11.5 Å². The number of amides is 1. The molecular formula is C21H23NO6. The fourth-order valence-electron chi connectivity index (χ4n) is 2.75. The van der Waals surface area contributed by atoms with Gasteiger partial charge in [-0.1, -0.05) is 30.3 Å². The van der Waals surface area contributed by atoms with Gasteiger partial charge in [0.25, 0.3) is 5.91 Å². The molecule has 0 saturated heterocycles. The van der Waals surface area contributed by atoms with Crippen LogP contribution in [-0.2, 0) is 16.1 Å². The number of benzene rings is 2. The van der Waals surface area contributed by atoms with E-state index in [1.54, 1.807) is 26.8 Å². The third kappa shape index (κ3) is 4.16. The highest BCUT2D eigenvalue weighted by Crippen LogP contribution is 2.40. The summed E-state index contributed by atoms with van der Waals surface area (Å²) in [6.07, 6.45) is -1.64. The molecule has 148 valence electrons. The van der Waals surface area contributed by atoms with E-state index in [1.165, 1.54) is 6.07 Å². The van der Waals surface area contributed by atoms with Crippen LogP contribution >= 0.6 is 0 Å². The van der Waals surface area contributed by atoms with Crippen LogP contribution in [0, 0.1) is 0 Å². The number of aliphatic hydroxyl groups excluding tert-OH is 1. The Kier molecular flexibility index (Phi) is 5.67. The minimum Gasteiger partial charge on any atom is -0.489 e. The molecule has 3 rings (SSSR count). The standard InChI is InChI=1S/C21H23NO6/c1-4-26-19(24)17(23)15-10-14(27-12-13-8-6-5-7-9-13)11-16-18(15)28-21(2,3)20(25)22-16/h5-11,19,24H,4,12H2,1-3H3,(H,22,25). The van der Waals surface area contributed by atoms with Crippen molar-refractivity contribution in [2.45, 2.75) is 39.3 Å². The van der Waals surface area contributed by atoms with Gasteiger partial charge in [0.05, 0.1) is 11.3 Å². The lowest BCUT2D eigenvalue weighted by Crippen LogP contribution is -2.46. The summed E-state index contributed by atoms with van der Waals surface area (Å²) in [7, 11) is 0. The summed E-state index contributed by atoms with van der Waals surface area (Å²) < 4.78 is 16.6. The van der Waals surface area contributed by atoms with Crippen molar-refractivity contribution in [2.75, 3.05) is 11.9 Å². The summed E-state index contributed by atoms with van der Waals surface area (Å²) in [5.41, 5.74) is 0.172. The fraction of sp³-hybridized carbons (Fsp3) is 0.333. The number of ketones is 1. The van der Waals surface area contributed by atoms with E-state index in [0.29, 0.717) is 11.4 Å². The van der Waals surface area contributed by atoms with Gasteiger partial charge in [-0.05, 0) is 32.4 Å². The number of hydrogen-bond donors (Lipinski definition) is 2. The van der Waals surface area contributed by atoms with E-state index < -0.39 is 17.7 Å². The molecule has 1 aliphatic rings. The van der Waals surface area contributed by atoms with Gasteiger partial charge in [-0.25, -0.2) is 0 Å². The average molecular weight is 385 g/mol. The quantitative estimate of drug-likeness (QED) is 0.562. The maximum absolute atomic E-state index is 12.7. The molecule has 0 spiro atoms. The summed E-state index contributed by atoms with van der Waals surface area (Å²) in [5.74, 6) is -0.474. The van der Waals surface area contributed by atoms with E-state index >= 15 is 0 Å². The number of carbonyl (C=O) groups is 2.